The Balaban J connectivity index is 1.84. The molecule has 0 aliphatic rings. The number of nitrogens with zero attached hydrogens (tertiary/aromatic N) is 2. The molecule has 0 aromatic carbocycles. The van der Waals surface area contributed by atoms with Crippen LogP contribution in [0.1, 0.15) is 27.1 Å². The molecule has 0 atom stereocenters. The normalized spacial score (nSPS) is 10.8. The van der Waals surface area contributed by atoms with Gasteiger partial charge in [0.05, 0.1) is 20.9 Å². The van der Waals surface area contributed by atoms with E-state index in [0.29, 0.717) is 17.7 Å². The lowest BCUT2D eigenvalue weighted by molar-refractivity contribution is 0.989. The Morgan fingerprint density at radius 2 is 1.55 bits per heavy atom. The number of nitrogens with two attached hydrogens (primary N) is 1. The number of nitriles is 2. The van der Waals surface area contributed by atoms with Gasteiger partial charge in [-0.15, -0.1) is 45.3 Å². The van der Waals surface area contributed by atoms with Gasteiger partial charge in [-0.2, -0.15) is 10.5 Å². The maximum Gasteiger partial charge on any atom is 0.102 e. The molecule has 0 spiro atoms. The van der Waals surface area contributed by atoms with E-state index in [1.165, 1.54) is 14.6 Å². The summed E-state index contributed by atoms with van der Waals surface area (Å²) >= 11 is 6.64. The molecule has 29 heavy (non-hydrogen) atoms. The van der Waals surface area contributed by atoms with E-state index in [9.17, 15) is 10.5 Å². The molecule has 4 rings (SSSR count). The number of hydrogen-bond acceptors (Lipinski definition) is 7. The van der Waals surface area contributed by atoms with E-state index in [4.69, 9.17) is 5.73 Å². The molecule has 144 valence electrons. The highest BCUT2D eigenvalue weighted by molar-refractivity contribution is 7.28. The second kappa shape index (κ2) is 8.23. The minimum absolute atomic E-state index is 0.492. The average Bonchev–Trinajstić information content (AvgIpc) is 3.47. The summed E-state index contributed by atoms with van der Waals surface area (Å²) in [6.07, 6.45) is 0.889. The molecule has 4 aromatic heterocycles. The van der Waals surface area contributed by atoms with E-state index in [1.807, 2.05) is 12.3 Å². The highest BCUT2D eigenvalue weighted by Gasteiger charge is 2.24. The molecule has 4 heterocycles. The summed E-state index contributed by atoms with van der Waals surface area (Å²) < 4.78 is 0. The highest BCUT2D eigenvalue weighted by atomic mass is 32.1. The van der Waals surface area contributed by atoms with Gasteiger partial charge in [0.1, 0.15) is 12.1 Å². The fourth-order valence-electron chi connectivity index (χ4n) is 3.19. The van der Waals surface area contributed by atoms with Crippen LogP contribution in [0.3, 0.4) is 0 Å². The average molecular weight is 452 g/mol. The Bertz CT molecular complexity index is 1270. The topological polar surface area (TPSA) is 73.6 Å². The van der Waals surface area contributed by atoms with Gasteiger partial charge in [-0.25, -0.2) is 0 Å². The zero-order chi connectivity index (χ0) is 20.5. The van der Waals surface area contributed by atoms with Crippen molar-refractivity contribution in [2.24, 2.45) is 5.73 Å². The molecule has 0 saturated carbocycles. The van der Waals surface area contributed by atoms with Gasteiger partial charge in [0.15, 0.2) is 0 Å². The zero-order valence-electron chi connectivity index (χ0n) is 15.9. The Morgan fingerprint density at radius 1 is 0.828 bits per heavy atom. The summed E-state index contributed by atoms with van der Waals surface area (Å²) in [4.78, 5) is 7.65. The molecular weight excluding hydrogens is 435 g/mol. The van der Waals surface area contributed by atoms with Crippen LogP contribution in [0.5, 0.6) is 0 Å². The molecule has 3 nitrogen and oxygen atoms in total. The molecule has 0 bridgehead atoms. The van der Waals surface area contributed by atoms with Crippen LogP contribution >= 0.6 is 45.3 Å². The minimum atomic E-state index is 0.492. The minimum Gasteiger partial charge on any atom is -0.330 e. The first kappa shape index (κ1) is 20.0. The van der Waals surface area contributed by atoms with E-state index in [1.54, 1.807) is 45.3 Å². The summed E-state index contributed by atoms with van der Waals surface area (Å²) in [5.41, 5.74) is 8.94. The van der Waals surface area contributed by atoms with Crippen molar-refractivity contribution in [3.8, 4) is 41.4 Å². The molecule has 0 saturated heterocycles. The number of thiophene rings is 4. The van der Waals surface area contributed by atoms with E-state index in [0.717, 1.165) is 37.1 Å². The number of rotatable bonds is 5. The van der Waals surface area contributed by atoms with Crippen molar-refractivity contribution in [2.45, 2.75) is 20.3 Å². The highest BCUT2D eigenvalue weighted by Crippen LogP contribution is 2.49. The molecule has 0 unspecified atom stereocenters. The van der Waals surface area contributed by atoms with Crippen molar-refractivity contribution in [1.82, 2.24) is 0 Å². The standard InChI is InChI=1S/C22H17N3S4/c1-12-6-8-26-19(12)21-15(10-24)16(11-25)22(29-21)20-13(2)9-18(28-20)17-4-3-14(27-17)5-7-23/h3-4,6,8-9H,5,7,23H2,1-2H3. The molecule has 7 heteroatoms. The number of hydrogen-bond donors (Lipinski definition) is 1. The van der Waals surface area contributed by atoms with Gasteiger partial charge in [-0.05, 0) is 67.6 Å². The molecule has 0 radical (unpaired) electrons. The van der Waals surface area contributed by atoms with Gasteiger partial charge in [-0.1, -0.05) is 0 Å². The van der Waals surface area contributed by atoms with Crippen LogP contribution in [0.15, 0.2) is 29.6 Å². The third-order valence-corrected chi connectivity index (χ3v) is 9.73. The Kier molecular flexibility index (Phi) is 5.69. The largest absolute Gasteiger partial charge is 0.330 e. The van der Waals surface area contributed by atoms with Gasteiger partial charge in [0.2, 0.25) is 0 Å². The Morgan fingerprint density at radius 3 is 2.17 bits per heavy atom. The molecule has 0 fully saturated rings. The van der Waals surface area contributed by atoms with Crippen LogP contribution in [0.4, 0.5) is 0 Å². The van der Waals surface area contributed by atoms with Crippen LogP contribution in [-0.2, 0) is 6.42 Å². The lowest BCUT2D eigenvalue weighted by Gasteiger charge is -1.96. The summed E-state index contributed by atoms with van der Waals surface area (Å²) in [5, 5.41) is 21.7. The van der Waals surface area contributed by atoms with Gasteiger partial charge in [0.25, 0.3) is 0 Å². The van der Waals surface area contributed by atoms with Crippen LogP contribution in [0, 0.1) is 36.5 Å². The van der Waals surface area contributed by atoms with E-state index in [2.05, 4.69) is 43.3 Å². The summed E-state index contributed by atoms with van der Waals surface area (Å²) in [6, 6.07) is 13.1. The van der Waals surface area contributed by atoms with Gasteiger partial charge in [0, 0.05) is 24.4 Å². The first-order valence-corrected chi connectivity index (χ1v) is 12.3. The summed E-state index contributed by atoms with van der Waals surface area (Å²) in [5.74, 6) is 0. The molecule has 4 aromatic rings. The van der Waals surface area contributed by atoms with E-state index >= 15 is 0 Å². The Hall–Kier alpha value is -2.26. The van der Waals surface area contributed by atoms with E-state index in [-0.39, 0.29) is 0 Å². The quantitative estimate of drug-likeness (QED) is 0.363. The van der Waals surface area contributed by atoms with Crippen LogP contribution < -0.4 is 5.73 Å². The van der Waals surface area contributed by atoms with Gasteiger partial charge < -0.3 is 5.73 Å². The van der Waals surface area contributed by atoms with Crippen molar-refractivity contribution >= 4 is 45.3 Å². The molecule has 0 aliphatic heterocycles. The summed E-state index contributed by atoms with van der Waals surface area (Å²) in [6.45, 7) is 4.77. The van der Waals surface area contributed by atoms with Crippen LogP contribution in [-0.4, -0.2) is 6.54 Å². The first-order chi connectivity index (χ1) is 14.1. The van der Waals surface area contributed by atoms with Crippen molar-refractivity contribution in [2.75, 3.05) is 6.54 Å². The zero-order valence-corrected chi connectivity index (χ0v) is 19.2. The second-order valence-electron chi connectivity index (χ2n) is 6.59. The maximum absolute atomic E-state index is 9.85. The van der Waals surface area contributed by atoms with Crippen LogP contribution in [0.2, 0.25) is 0 Å². The third kappa shape index (κ3) is 3.57. The van der Waals surface area contributed by atoms with Crippen molar-refractivity contribution in [3.05, 3.63) is 56.8 Å². The number of aryl methyl sites for hydroxylation is 2. The van der Waals surface area contributed by atoms with E-state index < -0.39 is 0 Å². The molecule has 0 amide bonds. The lowest BCUT2D eigenvalue weighted by atomic mass is 10.1. The SMILES string of the molecule is Cc1ccsc1-c1sc(-c2sc(-c3ccc(CCN)s3)cc2C)c(C#N)c1C#N. The third-order valence-electron chi connectivity index (χ3n) is 4.62. The van der Waals surface area contributed by atoms with Crippen molar-refractivity contribution in [3.63, 3.8) is 0 Å². The molecular formula is C22H17N3S4. The fourth-order valence-corrected chi connectivity index (χ4v) is 8.01. The monoisotopic (exact) mass is 451 g/mol. The molecule has 2 N–H and O–H groups in total. The predicted molar refractivity (Wildman–Crippen MR) is 126 cm³/mol. The second-order valence-corrected chi connectivity index (χ2v) is 10.8. The summed E-state index contributed by atoms with van der Waals surface area (Å²) in [7, 11) is 0. The fraction of sp³-hybridized carbons (Fsp3) is 0.182. The van der Waals surface area contributed by atoms with Gasteiger partial charge in [-0.3, -0.25) is 0 Å². The van der Waals surface area contributed by atoms with Crippen molar-refractivity contribution < 1.29 is 0 Å². The lowest BCUT2D eigenvalue weighted by Crippen LogP contribution is -2.00. The predicted octanol–water partition coefficient (Wildman–Crippen LogP) is 6.80. The van der Waals surface area contributed by atoms with Crippen molar-refractivity contribution in [1.29, 1.82) is 10.5 Å². The smallest absolute Gasteiger partial charge is 0.102 e. The molecule has 0 aliphatic carbocycles. The van der Waals surface area contributed by atoms with Gasteiger partial charge >= 0.3 is 0 Å². The first-order valence-electron chi connectivity index (χ1n) is 8.98. The Labute approximate surface area is 185 Å². The maximum atomic E-state index is 9.85. The van der Waals surface area contributed by atoms with Crippen LogP contribution in [0.25, 0.3) is 29.3 Å².